The van der Waals surface area contributed by atoms with E-state index < -0.39 is 5.54 Å². The standard InChI is InChI=1S/C26H26N8O2/c1-14-21(15(2)33(5)32-14)18-12-16(6-7-17(18)13-27)22(35)24-29-19-8-9-20(30-23(19)31-24)34-11-10-28-26(3,4)25(34)36/h6-9,12,28H,10-11H2,1-5H3,(H,29,30,31). The molecule has 0 unspecified atom stereocenters. The number of ketones is 1. The minimum atomic E-state index is -0.681. The number of nitriles is 1. The van der Waals surface area contributed by atoms with Crippen LogP contribution in [0.25, 0.3) is 22.3 Å². The zero-order valence-corrected chi connectivity index (χ0v) is 20.8. The second-order valence-electron chi connectivity index (χ2n) is 9.51. The largest absolute Gasteiger partial charge is 0.334 e. The number of rotatable bonds is 4. The number of hydrogen-bond donors (Lipinski definition) is 2. The summed E-state index contributed by atoms with van der Waals surface area (Å²) in [5.74, 6) is 0.241. The number of benzene rings is 1. The van der Waals surface area contributed by atoms with Crippen molar-refractivity contribution < 1.29 is 9.59 Å². The number of amides is 1. The SMILES string of the molecule is Cc1nn(C)c(C)c1-c1cc(C(=O)c2nc3nc(N4CCNC(C)(C)C4=O)ccc3[nH]2)ccc1C#N. The molecule has 1 aliphatic rings. The van der Waals surface area contributed by atoms with Crippen molar-refractivity contribution >= 4 is 28.7 Å². The van der Waals surface area contributed by atoms with E-state index in [0.717, 1.165) is 17.0 Å². The number of nitrogens with one attached hydrogen (secondary N) is 2. The summed E-state index contributed by atoms with van der Waals surface area (Å²) < 4.78 is 1.76. The summed E-state index contributed by atoms with van der Waals surface area (Å²) >= 11 is 0. The van der Waals surface area contributed by atoms with Gasteiger partial charge in [0.15, 0.2) is 11.5 Å². The molecule has 2 N–H and O–H groups in total. The second kappa shape index (κ2) is 8.39. The number of anilines is 1. The molecule has 1 aliphatic heterocycles. The molecule has 0 saturated carbocycles. The average molecular weight is 483 g/mol. The molecular weight excluding hydrogens is 456 g/mol. The molecule has 0 bridgehead atoms. The van der Waals surface area contributed by atoms with Crippen molar-refractivity contribution in [2.24, 2.45) is 7.05 Å². The number of aromatic amines is 1. The Hall–Kier alpha value is -4.36. The molecule has 10 nitrogen and oxygen atoms in total. The van der Waals surface area contributed by atoms with Crippen LogP contribution in [-0.2, 0) is 11.8 Å². The predicted octanol–water partition coefficient (Wildman–Crippen LogP) is 2.79. The number of hydrogen-bond acceptors (Lipinski definition) is 7. The number of fused-ring (bicyclic) bond motifs is 1. The number of carbonyl (C=O) groups excluding carboxylic acids is 2. The first-order valence-corrected chi connectivity index (χ1v) is 11.6. The van der Waals surface area contributed by atoms with Gasteiger partial charge < -0.3 is 10.3 Å². The van der Waals surface area contributed by atoms with Gasteiger partial charge >= 0.3 is 0 Å². The van der Waals surface area contributed by atoms with Crippen molar-refractivity contribution in [3.8, 4) is 17.2 Å². The van der Waals surface area contributed by atoms with Gasteiger partial charge in [-0.2, -0.15) is 10.4 Å². The fraction of sp³-hybridized carbons (Fsp3) is 0.308. The number of aromatic nitrogens is 5. The molecule has 1 amide bonds. The van der Waals surface area contributed by atoms with Gasteiger partial charge in [0.05, 0.1) is 28.4 Å². The van der Waals surface area contributed by atoms with Gasteiger partial charge in [0.25, 0.3) is 0 Å². The monoisotopic (exact) mass is 482 g/mol. The lowest BCUT2D eigenvalue weighted by atomic mass is 9.95. The molecule has 0 atom stereocenters. The van der Waals surface area contributed by atoms with Crippen LogP contribution in [0.3, 0.4) is 0 Å². The van der Waals surface area contributed by atoms with Gasteiger partial charge in [-0.3, -0.25) is 19.2 Å². The third-order valence-corrected chi connectivity index (χ3v) is 6.69. The van der Waals surface area contributed by atoms with Gasteiger partial charge in [-0.1, -0.05) is 0 Å². The van der Waals surface area contributed by atoms with Gasteiger partial charge in [-0.25, -0.2) is 9.97 Å². The molecule has 1 aromatic carbocycles. The van der Waals surface area contributed by atoms with Crippen LogP contribution >= 0.6 is 0 Å². The van der Waals surface area contributed by atoms with Gasteiger partial charge in [0.2, 0.25) is 11.7 Å². The highest BCUT2D eigenvalue weighted by molar-refractivity contribution is 6.09. The van der Waals surface area contributed by atoms with Crippen molar-refractivity contribution in [2.45, 2.75) is 33.2 Å². The van der Waals surface area contributed by atoms with Gasteiger partial charge in [-0.15, -0.1) is 0 Å². The summed E-state index contributed by atoms with van der Waals surface area (Å²) in [6.07, 6.45) is 0. The zero-order chi connectivity index (χ0) is 25.8. The Kier molecular flexibility index (Phi) is 5.45. The van der Waals surface area contributed by atoms with E-state index in [9.17, 15) is 14.9 Å². The lowest BCUT2D eigenvalue weighted by molar-refractivity contribution is -0.125. The van der Waals surface area contributed by atoms with Crippen LogP contribution in [0.4, 0.5) is 5.82 Å². The number of carbonyl (C=O) groups is 2. The lowest BCUT2D eigenvalue weighted by Gasteiger charge is -2.37. The molecule has 36 heavy (non-hydrogen) atoms. The van der Waals surface area contributed by atoms with Gasteiger partial charge in [0.1, 0.15) is 5.82 Å². The summed E-state index contributed by atoms with van der Waals surface area (Å²) in [6, 6.07) is 10.7. The molecule has 1 fully saturated rings. The van der Waals surface area contributed by atoms with Crippen LogP contribution < -0.4 is 10.2 Å². The number of aryl methyl sites for hydroxylation is 2. The third kappa shape index (κ3) is 3.74. The molecule has 4 heterocycles. The Labute approximate surface area is 208 Å². The van der Waals surface area contributed by atoms with Crippen molar-refractivity contribution in [1.29, 1.82) is 5.26 Å². The highest BCUT2D eigenvalue weighted by atomic mass is 16.2. The summed E-state index contributed by atoms with van der Waals surface area (Å²) in [5, 5.41) is 17.3. The summed E-state index contributed by atoms with van der Waals surface area (Å²) in [5.41, 5.74) is 4.30. The van der Waals surface area contributed by atoms with Crippen molar-refractivity contribution in [3.05, 3.63) is 58.7 Å². The molecule has 4 aromatic rings. The van der Waals surface area contributed by atoms with E-state index in [1.54, 1.807) is 39.9 Å². The van der Waals surface area contributed by atoms with Gasteiger partial charge in [0, 0.05) is 42.5 Å². The molecule has 0 radical (unpaired) electrons. The van der Waals surface area contributed by atoms with Crippen LogP contribution in [0.5, 0.6) is 0 Å². The minimum Gasteiger partial charge on any atom is -0.334 e. The maximum absolute atomic E-state index is 13.4. The molecule has 0 spiro atoms. The fourth-order valence-corrected chi connectivity index (χ4v) is 4.64. The summed E-state index contributed by atoms with van der Waals surface area (Å²) in [4.78, 5) is 39.9. The number of nitrogens with zero attached hydrogens (tertiary/aromatic N) is 6. The fourth-order valence-electron chi connectivity index (χ4n) is 4.64. The molecule has 5 rings (SSSR count). The Morgan fingerprint density at radius 1 is 1.17 bits per heavy atom. The lowest BCUT2D eigenvalue weighted by Crippen LogP contribution is -2.61. The average Bonchev–Trinajstić information content (AvgIpc) is 3.39. The molecule has 1 saturated heterocycles. The van der Waals surface area contributed by atoms with E-state index in [0.29, 0.717) is 46.8 Å². The van der Waals surface area contributed by atoms with Crippen LogP contribution in [0.1, 0.15) is 47.0 Å². The van der Waals surface area contributed by atoms with E-state index in [4.69, 9.17) is 0 Å². The molecule has 0 aliphatic carbocycles. The maximum atomic E-state index is 13.4. The van der Waals surface area contributed by atoms with Crippen molar-refractivity contribution in [1.82, 2.24) is 30.0 Å². The molecule has 3 aromatic heterocycles. The number of H-pyrrole nitrogens is 1. The van der Waals surface area contributed by atoms with Crippen LogP contribution in [-0.4, -0.2) is 55.1 Å². The minimum absolute atomic E-state index is 0.0708. The zero-order valence-electron chi connectivity index (χ0n) is 20.8. The Morgan fingerprint density at radius 2 is 1.94 bits per heavy atom. The summed E-state index contributed by atoms with van der Waals surface area (Å²) in [7, 11) is 1.84. The molecule has 182 valence electrons. The van der Waals surface area contributed by atoms with E-state index in [1.807, 2.05) is 34.7 Å². The molecular formula is C26H26N8O2. The topological polar surface area (TPSA) is 133 Å². The highest BCUT2D eigenvalue weighted by Crippen LogP contribution is 2.31. The first-order chi connectivity index (χ1) is 17.1. The number of piperazine rings is 1. The van der Waals surface area contributed by atoms with E-state index in [2.05, 4.69) is 31.4 Å². The van der Waals surface area contributed by atoms with Crippen LogP contribution in [0.15, 0.2) is 30.3 Å². The number of imidazole rings is 1. The van der Waals surface area contributed by atoms with E-state index in [-0.39, 0.29) is 17.5 Å². The normalized spacial score (nSPS) is 15.3. The van der Waals surface area contributed by atoms with Crippen molar-refractivity contribution in [3.63, 3.8) is 0 Å². The van der Waals surface area contributed by atoms with Gasteiger partial charge in [-0.05, 0) is 58.0 Å². The maximum Gasteiger partial charge on any atom is 0.247 e. The van der Waals surface area contributed by atoms with E-state index in [1.165, 1.54) is 0 Å². The van der Waals surface area contributed by atoms with Crippen molar-refractivity contribution in [2.75, 3.05) is 18.0 Å². The molecule has 10 heteroatoms. The Morgan fingerprint density at radius 3 is 2.64 bits per heavy atom. The Bertz CT molecular complexity index is 1590. The highest BCUT2D eigenvalue weighted by Gasteiger charge is 2.36. The quantitative estimate of drug-likeness (QED) is 0.427. The number of pyridine rings is 1. The first kappa shape index (κ1) is 23.4. The first-order valence-electron chi connectivity index (χ1n) is 11.6. The predicted molar refractivity (Wildman–Crippen MR) is 135 cm³/mol. The van der Waals surface area contributed by atoms with Crippen LogP contribution in [0, 0.1) is 25.2 Å². The second-order valence-corrected chi connectivity index (χ2v) is 9.51. The summed E-state index contributed by atoms with van der Waals surface area (Å²) in [6.45, 7) is 8.64. The Balaban J connectivity index is 1.51. The van der Waals surface area contributed by atoms with E-state index >= 15 is 0 Å². The van der Waals surface area contributed by atoms with Crippen LogP contribution in [0.2, 0.25) is 0 Å². The smallest absolute Gasteiger partial charge is 0.247 e. The third-order valence-electron chi connectivity index (χ3n) is 6.69.